The van der Waals surface area contributed by atoms with E-state index in [0.717, 1.165) is 47.6 Å². The number of carbonyl (C=O) groups excluding carboxylic acids is 2. The molecule has 3 unspecified atom stereocenters. The summed E-state index contributed by atoms with van der Waals surface area (Å²) in [6, 6.07) is 9.18. The molecular formula is C37H52FN5O5. The lowest BCUT2D eigenvalue weighted by Crippen LogP contribution is -2.31. The molecule has 10 nitrogen and oxygen atoms in total. The molecule has 3 aromatic rings. The first-order chi connectivity index (χ1) is 23.0. The van der Waals surface area contributed by atoms with Gasteiger partial charge >= 0.3 is 0 Å². The van der Waals surface area contributed by atoms with Crippen molar-refractivity contribution in [3.05, 3.63) is 71.1 Å². The average molecular weight is 666 g/mol. The van der Waals surface area contributed by atoms with Crippen molar-refractivity contribution in [3.8, 4) is 17.0 Å². The van der Waals surface area contributed by atoms with E-state index in [-0.39, 0.29) is 41.8 Å². The van der Waals surface area contributed by atoms with Crippen molar-refractivity contribution in [2.75, 3.05) is 32.6 Å². The Bertz CT molecular complexity index is 1560. The van der Waals surface area contributed by atoms with E-state index in [1.165, 1.54) is 7.11 Å². The summed E-state index contributed by atoms with van der Waals surface area (Å²) >= 11 is 0. The number of halogens is 1. The maximum absolute atomic E-state index is 14.8. The topological polar surface area (TPSA) is 143 Å². The van der Waals surface area contributed by atoms with E-state index in [4.69, 9.17) is 20.7 Å². The number of anilines is 1. The average Bonchev–Trinajstić information content (AvgIpc) is 3.50. The van der Waals surface area contributed by atoms with Gasteiger partial charge in [-0.05, 0) is 94.5 Å². The van der Waals surface area contributed by atoms with Crippen molar-refractivity contribution in [2.24, 2.45) is 11.7 Å². The number of aliphatic hydroxyl groups excluding tert-OH is 2. The molecule has 0 saturated heterocycles. The first kappa shape index (κ1) is 38.4. The number of carbonyl (C=O) groups is 2. The number of fused-ring (bicyclic) bond motifs is 1. The Labute approximate surface area is 283 Å². The van der Waals surface area contributed by atoms with Gasteiger partial charge in [0.15, 0.2) is 29.3 Å². The Morgan fingerprint density at radius 1 is 1.12 bits per heavy atom. The lowest BCUT2D eigenvalue weighted by atomic mass is 9.92. The zero-order valence-corrected chi connectivity index (χ0v) is 29.1. The van der Waals surface area contributed by atoms with Crippen LogP contribution < -0.4 is 15.8 Å². The Kier molecular flexibility index (Phi) is 14.8. The monoisotopic (exact) mass is 665 g/mol. The number of unbranched alkanes of at least 4 members (excludes halogenated alkanes) is 1. The minimum absolute atomic E-state index is 0.0686. The van der Waals surface area contributed by atoms with Crippen LogP contribution in [-0.2, 0) is 4.79 Å². The minimum Gasteiger partial charge on any atom is -0.494 e. The number of nitrogens with two attached hydrogens (primary N) is 1. The van der Waals surface area contributed by atoms with Crippen LogP contribution in [0, 0.1) is 25.6 Å². The second-order valence-corrected chi connectivity index (χ2v) is 12.3. The highest BCUT2D eigenvalue weighted by Crippen LogP contribution is 2.35. The molecule has 0 amide bonds. The van der Waals surface area contributed by atoms with Crippen LogP contribution in [0.3, 0.4) is 0 Å². The number of aliphatic hydroxyl groups is 2. The highest BCUT2D eigenvalue weighted by atomic mass is 19.1. The zero-order chi connectivity index (χ0) is 35.4. The summed E-state index contributed by atoms with van der Waals surface area (Å²) in [6.07, 6.45) is 10.0. The molecule has 3 atom stereocenters. The van der Waals surface area contributed by atoms with Gasteiger partial charge in [-0.3, -0.25) is 14.2 Å². The van der Waals surface area contributed by atoms with Crippen LogP contribution in [0.15, 0.2) is 42.7 Å². The van der Waals surface area contributed by atoms with Crippen LogP contribution in [0.25, 0.3) is 17.5 Å². The number of benzene rings is 2. The number of nitrogens with zero attached hydrogens (tertiary/aromatic N) is 3. The third-order valence-electron chi connectivity index (χ3n) is 8.75. The first-order valence-electron chi connectivity index (χ1n) is 16.7. The van der Waals surface area contributed by atoms with Crippen molar-refractivity contribution in [3.63, 3.8) is 0 Å². The number of methoxy groups -OCH3 is 1. The van der Waals surface area contributed by atoms with Crippen molar-refractivity contribution in [1.29, 1.82) is 0 Å². The molecule has 0 saturated carbocycles. The molecule has 0 bridgehead atoms. The SMILES string of the molecule is CCCCC(O)CO.COc1ccc(-c2cnc3n2C=CN(C)C3Nc2ccc(C(=O)CCCC(CCN)C(C)=O)c(C)c2)c(C)c1F. The molecule has 1 aromatic heterocycles. The normalized spacial score (nSPS) is 14.9. The van der Waals surface area contributed by atoms with E-state index in [9.17, 15) is 14.0 Å². The van der Waals surface area contributed by atoms with E-state index in [1.54, 1.807) is 26.1 Å². The smallest absolute Gasteiger partial charge is 0.168 e. The second-order valence-electron chi connectivity index (χ2n) is 12.3. The molecule has 2 aromatic carbocycles. The highest BCUT2D eigenvalue weighted by molar-refractivity contribution is 5.97. The third-order valence-corrected chi connectivity index (χ3v) is 8.75. The summed E-state index contributed by atoms with van der Waals surface area (Å²) in [5, 5.41) is 20.6. The molecule has 1 aliphatic rings. The van der Waals surface area contributed by atoms with Gasteiger partial charge in [0.05, 0.1) is 31.7 Å². The van der Waals surface area contributed by atoms with Gasteiger partial charge in [0.2, 0.25) is 0 Å². The van der Waals surface area contributed by atoms with Crippen LogP contribution in [0.2, 0.25) is 0 Å². The number of aromatic nitrogens is 2. The van der Waals surface area contributed by atoms with E-state index in [0.29, 0.717) is 43.4 Å². The summed E-state index contributed by atoms with van der Waals surface area (Å²) in [4.78, 5) is 31.4. The molecular weight excluding hydrogens is 613 g/mol. The molecule has 262 valence electrons. The molecule has 48 heavy (non-hydrogen) atoms. The number of ether oxygens (including phenoxy) is 1. The van der Waals surface area contributed by atoms with Crippen LogP contribution in [0.5, 0.6) is 5.75 Å². The molecule has 5 N–H and O–H groups in total. The van der Waals surface area contributed by atoms with Gasteiger partial charge in [-0.1, -0.05) is 19.8 Å². The number of rotatable bonds is 16. The molecule has 1 aliphatic heterocycles. The number of imidazole rings is 1. The number of hydrogen-bond acceptors (Lipinski definition) is 9. The quantitative estimate of drug-likeness (QED) is 0.131. The molecule has 0 radical (unpaired) electrons. The lowest BCUT2D eigenvalue weighted by molar-refractivity contribution is -0.121. The van der Waals surface area contributed by atoms with Crippen molar-refractivity contribution < 1.29 is 28.9 Å². The van der Waals surface area contributed by atoms with Crippen LogP contribution >= 0.6 is 0 Å². The first-order valence-corrected chi connectivity index (χ1v) is 16.7. The van der Waals surface area contributed by atoms with Gasteiger partial charge in [0, 0.05) is 48.6 Å². The fourth-order valence-electron chi connectivity index (χ4n) is 5.79. The van der Waals surface area contributed by atoms with Crippen molar-refractivity contribution in [1.82, 2.24) is 14.5 Å². The van der Waals surface area contributed by atoms with Gasteiger partial charge in [-0.25, -0.2) is 9.37 Å². The van der Waals surface area contributed by atoms with Crippen molar-refractivity contribution >= 4 is 23.5 Å². The van der Waals surface area contributed by atoms with E-state index in [1.807, 2.05) is 60.1 Å². The number of aryl methyl sites for hydroxylation is 1. The summed E-state index contributed by atoms with van der Waals surface area (Å²) < 4.78 is 21.8. The number of ketones is 2. The van der Waals surface area contributed by atoms with Gasteiger partial charge in [-0.2, -0.15) is 0 Å². The van der Waals surface area contributed by atoms with Gasteiger partial charge in [0.25, 0.3) is 0 Å². The fourth-order valence-corrected chi connectivity index (χ4v) is 5.79. The molecule has 0 aliphatic carbocycles. The molecule has 0 spiro atoms. The van der Waals surface area contributed by atoms with Gasteiger partial charge in [-0.15, -0.1) is 0 Å². The van der Waals surface area contributed by atoms with Crippen LogP contribution in [-0.4, -0.2) is 69.6 Å². The number of nitrogens with one attached hydrogen (secondary N) is 1. The number of hydrogen-bond donors (Lipinski definition) is 4. The van der Waals surface area contributed by atoms with E-state index in [2.05, 4.69) is 17.2 Å². The van der Waals surface area contributed by atoms with Crippen LogP contribution in [0.1, 0.15) is 92.3 Å². The zero-order valence-electron chi connectivity index (χ0n) is 29.1. The van der Waals surface area contributed by atoms with Gasteiger partial charge in [0.1, 0.15) is 5.78 Å². The van der Waals surface area contributed by atoms with Crippen LogP contribution in [0.4, 0.5) is 10.1 Å². The minimum atomic E-state index is -0.491. The molecule has 4 rings (SSSR count). The maximum Gasteiger partial charge on any atom is 0.168 e. The summed E-state index contributed by atoms with van der Waals surface area (Å²) in [7, 11) is 3.40. The standard InChI is InChI=1S/C31H38FN5O3.C6H14O2/c1-19-17-23(9-10-24(19)27(39)8-6-7-22(13-14-33)21(3)38)35-31-30-34-18-26(37(30)16-15-36(31)4)25-11-12-28(40-5)29(32)20(25)2;1-2-3-4-6(8)5-7/h9-12,15-18,22,31,35H,6-8,13-14,33H2,1-5H3;6-8H,2-5H2,1H3. The predicted molar refractivity (Wildman–Crippen MR) is 188 cm³/mol. The Morgan fingerprint density at radius 3 is 2.50 bits per heavy atom. The highest BCUT2D eigenvalue weighted by Gasteiger charge is 2.27. The second kappa shape index (κ2) is 18.5. The lowest BCUT2D eigenvalue weighted by Gasteiger charge is -2.32. The predicted octanol–water partition coefficient (Wildman–Crippen LogP) is 6.24. The Balaban J connectivity index is 0.000000694. The summed E-state index contributed by atoms with van der Waals surface area (Å²) in [5.74, 6) is 0.698. The molecule has 2 heterocycles. The Hall–Kier alpha value is -4.06. The largest absolute Gasteiger partial charge is 0.494 e. The third kappa shape index (κ3) is 9.74. The van der Waals surface area contributed by atoms with E-state index < -0.39 is 6.10 Å². The Morgan fingerprint density at radius 2 is 1.88 bits per heavy atom. The van der Waals surface area contributed by atoms with Gasteiger partial charge < -0.3 is 30.9 Å². The summed E-state index contributed by atoms with van der Waals surface area (Å²) in [5.41, 5.74) is 10.0. The van der Waals surface area contributed by atoms with Crippen molar-refractivity contribution in [2.45, 2.75) is 84.9 Å². The molecule has 11 heteroatoms. The molecule has 0 fully saturated rings. The fraction of sp³-hybridized carbons (Fsp3) is 0.486. The van der Waals surface area contributed by atoms with E-state index >= 15 is 0 Å². The maximum atomic E-state index is 14.8. The number of Topliss-reactive ketones (excluding diaryl/α,β-unsaturated/α-hetero) is 2. The summed E-state index contributed by atoms with van der Waals surface area (Å²) in [6.45, 7) is 7.68.